The predicted molar refractivity (Wildman–Crippen MR) is 112 cm³/mol. The van der Waals surface area contributed by atoms with Gasteiger partial charge in [-0.25, -0.2) is 0 Å². The molecule has 1 aromatic heterocycles. The SMILES string of the molecule is NC1(C(=O)N2C[C@@H]3C[C@H](C2)c2ccc(CN4C[C@H]5CC[C@@H](C4)O5)c(=O)n2C3)CCC1. The van der Waals surface area contributed by atoms with E-state index in [2.05, 4.69) is 11.0 Å². The molecule has 1 saturated carbocycles. The Morgan fingerprint density at radius 1 is 1.10 bits per heavy atom. The van der Waals surface area contributed by atoms with Crippen molar-refractivity contribution < 1.29 is 9.53 Å². The van der Waals surface area contributed by atoms with Gasteiger partial charge in [0.2, 0.25) is 5.91 Å². The van der Waals surface area contributed by atoms with Crippen LogP contribution in [0.4, 0.5) is 0 Å². The number of pyridine rings is 1. The number of likely N-dealkylation sites (tertiary alicyclic amines) is 2. The molecule has 6 rings (SSSR count). The number of aromatic nitrogens is 1. The molecule has 7 nitrogen and oxygen atoms in total. The van der Waals surface area contributed by atoms with Crippen LogP contribution in [0.3, 0.4) is 0 Å². The molecule has 2 N–H and O–H groups in total. The molecule has 0 radical (unpaired) electrons. The lowest BCUT2D eigenvalue weighted by molar-refractivity contribution is -0.143. The maximum Gasteiger partial charge on any atom is 0.255 e. The van der Waals surface area contributed by atoms with Crippen LogP contribution in [0.25, 0.3) is 0 Å². The lowest BCUT2D eigenvalue weighted by atomic mass is 9.75. The van der Waals surface area contributed by atoms with E-state index in [-0.39, 0.29) is 17.4 Å². The van der Waals surface area contributed by atoms with Crippen molar-refractivity contribution in [3.63, 3.8) is 0 Å². The lowest BCUT2D eigenvalue weighted by Crippen LogP contribution is -2.62. The maximum atomic E-state index is 13.3. The van der Waals surface area contributed by atoms with Crippen molar-refractivity contribution in [3.05, 3.63) is 33.7 Å². The molecule has 0 spiro atoms. The summed E-state index contributed by atoms with van der Waals surface area (Å²) in [7, 11) is 0. The summed E-state index contributed by atoms with van der Waals surface area (Å²) in [5.74, 6) is 0.708. The first-order valence-electron chi connectivity index (χ1n) is 11.7. The fourth-order valence-corrected chi connectivity index (χ4v) is 6.43. The molecule has 7 heteroatoms. The molecule has 1 aliphatic carbocycles. The molecule has 1 amide bonds. The van der Waals surface area contributed by atoms with Crippen molar-refractivity contribution in [2.45, 2.75) is 75.3 Å². The minimum atomic E-state index is -0.632. The van der Waals surface area contributed by atoms with E-state index in [1.807, 2.05) is 15.5 Å². The number of amides is 1. The van der Waals surface area contributed by atoms with Gasteiger partial charge in [0.05, 0.1) is 17.7 Å². The number of hydrogen-bond donors (Lipinski definition) is 1. The van der Waals surface area contributed by atoms with Crippen LogP contribution < -0.4 is 11.3 Å². The summed E-state index contributed by atoms with van der Waals surface area (Å²) in [4.78, 5) is 30.7. The van der Waals surface area contributed by atoms with Crippen LogP contribution in [0.2, 0.25) is 0 Å². The topological polar surface area (TPSA) is 80.8 Å². The first kappa shape index (κ1) is 19.0. The Labute approximate surface area is 177 Å². The number of morpholine rings is 1. The molecule has 5 heterocycles. The molecular weight excluding hydrogens is 380 g/mol. The summed E-state index contributed by atoms with van der Waals surface area (Å²) >= 11 is 0. The van der Waals surface area contributed by atoms with Crippen molar-refractivity contribution in [2.75, 3.05) is 26.2 Å². The predicted octanol–water partition coefficient (Wildman–Crippen LogP) is 1.04. The van der Waals surface area contributed by atoms with Gasteiger partial charge in [-0.2, -0.15) is 0 Å². The van der Waals surface area contributed by atoms with Gasteiger partial charge in [-0.05, 0) is 50.5 Å². The summed E-state index contributed by atoms with van der Waals surface area (Å²) in [6, 6.07) is 4.17. The van der Waals surface area contributed by atoms with E-state index in [0.29, 0.717) is 37.8 Å². The first-order valence-corrected chi connectivity index (χ1v) is 11.7. The largest absolute Gasteiger partial charge is 0.372 e. The Morgan fingerprint density at radius 3 is 2.57 bits per heavy atom. The zero-order valence-corrected chi connectivity index (χ0v) is 17.6. The summed E-state index contributed by atoms with van der Waals surface area (Å²) in [5.41, 5.74) is 7.84. The summed E-state index contributed by atoms with van der Waals surface area (Å²) in [5, 5.41) is 0. The number of nitrogens with zero attached hydrogens (tertiary/aromatic N) is 3. The monoisotopic (exact) mass is 412 g/mol. The Bertz CT molecular complexity index is 912. The van der Waals surface area contributed by atoms with E-state index in [0.717, 1.165) is 69.4 Å². The molecule has 0 unspecified atom stereocenters. The number of carbonyl (C=O) groups excluding carboxylic acids is 1. The van der Waals surface area contributed by atoms with E-state index in [4.69, 9.17) is 10.5 Å². The van der Waals surface area contributed by atoms with Gasteiger partial charge in [0.25, 0.3) is 5.56 Å². The third kappa shape index (κ3) is 3.05. The normalized spacial score (nSPS) is 34.4. The highest BCUT2D eigenvalue weighted by Gasteiger charge is 2.46. The second kappa shape index (κ2) is 6.90. The minimum Gasteiger partial charge on any atom is -0.372 e. The molecule has 4 aliphatic heterocycles. The van der Waals surface area contributed by atoms with Crippen molar-refractivity contribution in [1.29, 1.82) is 0 Å². The molecule has 162 valence electrons. The van der Waals surface area contributed by atoms with Gasteiger partial charge in [-0.3, -0.25) is 14.5 Å². The van der Waals surface area contributed by atoms with E-state index in [9.17, 15) is 9.59 Å². The van der Waals surface area contributed by atoms with E-state index >= 15 is 0 Å². The number of piperidine rings is 1. The van der Waals surface area contributed by atoms with Crippen molar-refractivity contribution >= 4 is 5.91 Å². The fourth-order valence-electron chi connectivity index (χ4n) is 6.43. The van der Waals surface area contributed by atoms with Crippen LogP contribution in [0, 0.1) is 5.92 Å². The van der Waals surface area contributed by atoms with Crippen LogP contribution in [0.15, 0.2) is 16.9 Å². The van der Waals surface area contributed by atoms with Crippen molar-refractivity contribution in [2.24, 2.45) is 11.7 Å². The Balaban J connectivity index is 1.21. The van der Waals surface area contributed by atoms with Crippen molar-refractivity contribution in [1.82, 2.24) is 14.4 Å². The second-order valence-corrected chi connectivity index (χ2v) is 10.4. The molecule has 30 heavy (non-hydrogen) atoms. The van der Waals surface area contributed by atoms with Crippen LogP contribution in [0.5, 0.6) is 0 Å². The zero-order chi connectivity index (χ0) is 20.5. The smallest absolute Gasteiger partial charge is 0.255 e. The Hall–Kier alpha value is -1.70. The second-order valence-electron chi connectivity index (χ2n) is 10.4. The maximum absolute atomic E-state index is 13.3. The van der Waals surface area contributed by atoms with Gasteiger partial charge in [0.15, 0.2) is 0 Å². The van der Waals surface area contributed by atoms with Gasteiger partial charge in [-0.1, -0.05) is 6.07 Å². The average Bonchev–Trinajstić information content (AvgIpc) is 3.06. The zero-order valence-electron chi connectivity index (χ0n) is 17.6. The fraction of sp³-hybridized carbons (Fsp3) is 0.739. The van der Waals surface area contributed by atoms with Crippen molar-refractivity contribution in [3.8, 4) is 0 Å². The number of nitrogens with two attached hydrogens (primary N) is 1. The highest BCUT2D eigenvalue weighted by molar-refractivity contribution is 5.87. The average molecular weight is 413 g/mol. The number of hydrogen-bond acceptors (Lipinski definition) is 5. The summed E-state index contributed by atoms with van der Waals surface area (Å²) in [6.07, 6.45) is 6.70. The number of ether oxygens (including phenoxy) is 1. The van der Waals surface area contributed by atoms with E-state index in [1.165, 1.54) is 0 Å². The molecule has 3 saturated heterocycles. The van der Waals surface area contributed by atoms with Crippen LogP contribution in [-0.2, 0) is 22.6 Å². The quantitative estimate of drug-likeness (QED) is 0.802. The number of fused-ring (bicyclic) bond motifs is 6. The third-order valence-corrected chi connectivity index (χ3v) is 8.16. The van der Waals surface area contributed by atoms with Gasteiger partial charge < -0.3 is 19.9 Å². The van der Waals surface area contributed by atoms with Gasteiger partial charge >= 0.3 is 0 Å². The molecule has 4 atom stereocenters. The Morgan fingerprint density at radius 2 is 1.87 bits per heavy atom. The van der Waals surface area contributed by atoms with Gasteiger partial charge in [0.1, 0.15) is 0 Å². The van der Waals surface area contributed by atoms with Gasteiger partial charge in [-0.15, -0.1) is 0 Å². The lowest BCUT2D eigenvalue weighted by Gasteiger charge is -2.47. The highest BCUT2D eigenvalue weighted by atomic mass is 16.5. The molecular formula is C23H32N4O3. The molecule has 4 bridgehead atoms. The first-order chi connectivity index (χ1) is 14.5. The minimum absolute atomic E-state index is 0.123. The van der Waals surface area contributed by atoms with Gasteiger partial charge in [0, 0.05) is 56.4 Å². The van der Waals surface area contributed by atoms with E-state index in [1.54, 1.807) is 0 Å². The summed E-state index contributed by atoms with van der Waals surface area (Å²) < 4.78 is 7.94. The molecule has 5 aliphatic rings. The molecule has 0 aromatic carbocycles. The number of carbonyl (C=O) groups is 1. The van der Waals surface area contributed by atoms with Crippen LogP contribution in [-0.4, -0.2) is 64.2 Å². The molecule has 1 aromatic rings. The van der Waals surface area contributed by atoms with Crippen LogP contribution in [0.1, 0.15) is 55.7 Å². The summed E-state index contributed by atoms with van der Waals surface area (Å²) in [6.45, 7) is 4.72. The molecule has 4 fully saturated rings. The van der Waals surface area contributed by atoms with Crippen LogP contribution >= 0.6 is 0 Å². The highest BCUT2D eigenvalue weighted by Crippen LogP contribution is 2.38. The number of rotatable bonds is 3. The third-order valence-electron chi connectivity index (χ3n) is 8.16. The Kier molecular flexibility index (Phi) is 4.38. The van der Waals surface area contributed by atoms with E-state index < -0.39 is 5.54 Å². The standard InChI is InChI=1S/C23H32N4O3/c24-23(6-1-7-23)22(29)26-9-15-8-17(12-26)20-5-2-16(21(28)27(20)10-15)11-25-13-18-3-4-19(14-25)30-18/h2,5,15,17-19H,1,3-4,6-14,24H2/t15-,17+,18-,19+/m0/s1.